The highest BCUT2D eigenvalue weighted by Gasteiger charge is 2.14. The van der Waals surface area contributed by atoms with Crippen molar-refractivity contribution in [3.05, 3.63) is 21.9 Å². The molecule has 0 amide bonds. The summed E-state index contributed by atoms with van der Waals surface area (Å²) < 4.78 is 25.1. The van der Waals surface area contributed by atoms with Crippen LogP contribution >= 0.6 is 23.2 Å². The van der Waals surface area contributed by atoms with Gasteiger partial charge in [0.05, 0.1) is 0 Å². The van der Waals surface area contributed by atoms with E-state index in [1.807, 2.05) is 0 Å². The molecular formula is C5H2Cl2F2N2. The minimum absolute atomic E-state index is 0.533. The van der Waals surface area contributed by atoms with Gasteiger partial charge in [0.2, 0.25) is 0 Å². The van der Waals surface area contributed by atoms with Crippen molar-refractivity contribution >= 4 is 28.9 Å². The van der Waals surface area contributed by atoms with E-state index in [0.29, 0.717) is 0 Å². The topological polar surface area (TPSA) is 38.9 Å². The minimum atomic E-state index is -1.09. The molecule has 0 bridgehead atoms. The Morgan fingerprint density at radius 3 is 1.82 bits per heavy atom. The number of hydrogen-bond acceptors (Lipinski definition) is 2. The highest BCUT2D eigenvalue weighted by atomic mass is 35.5. The van der Waals surface area contributed by atoms with E-state index < -0.39 is 27.6 Å². The van der Waals surface area contributed by atoms with Crippen molar-refractivity contribution in [2.75, 3.05) is 5.73 Å². The van der Waals surface area contributed by atoms with Crippen molar-refractivity contribution in [1.82, 2.24) is 4.98 Å². The highest BCUT2D eigenvalue weighted by Crippen LogP contribution is 2.25. The van der Waals surface area contributed by atoms with Gasteiger partial charge in [-0.1, -0.05) is 23.2 Å². The lowest BCUT2D eigenvalue weighted by Gasteiger charge is -2.00. The number of aromatic nitrogens is 1. The molecule has 0 unspecified atom stereocenters. The maximum atomic E-state index is 12.6. The average Bonchev–Trinajstić information content (AvgIpc) is 1.97. The molecule has 0 fully saturated rings. The third-order valence-electron chi connectivity index (χ3n) is 1.03. The fourth-order valence-corrected chi connectivity index (χ4v) is 0.919. The summed E-state index contributed by atoms with van der Waals surface area (Å²) in [5.74, 6) is -2.18. The third kappa shape index (κ3) is 1.36. The molecule has 2 N–H and O–H groups in total. The Balaban J connectivity index is 3.46. The first kappa shape index (κ1) is 8.49. The maximum absolute atomic E-state index is 12.6. The molecule has 0 saturated heterocycles. The normalized spacial score (nSPS) is 10.2. The molecule has 0 aliphatic rings. The SMILES string of the molecule is Nc1c(F)c(Cl)nc(Cl)c1F. The minimum Gasteiger partial charge on any atom is -0.394 e. The van der Waals surface area contributed by atoms with E-state index in [9.17, 15) is 8.78 Å². The third-order valence-corrected chi connectivity index (χ3v) is 1.53. The van der Waals surface area contributed by atoms with Crippen LogP contribution in [0.1, 0.15) is 0 Å². The van der Waals surface area contributed by atoms with Gasteiger partial charge in [-0.15, -0.1) is 0 Å². The van der Waals surface area contributed by atoms with E-state index in [1.54, 1.807) is 0 Å². The van der Waals surface area contributed by atoms with Crippen LogP contribution in [0.3, 0.4) is 0 Å². The van der Waals surface area contributed by atoms with Crippen molar-refractivity contribution in [3.63, 3.8) is 0 Å². The summed E-state index contributed by atoms with van der Waals surface area (Å²) in [6.07, 6.45) is 0. The summed E-state index contributed by atoms with van der Waals surface area (Å²) >= 11 is 10.3. The molecule has 1 aromatic heterocycles. The van der Waals surface area contributed by atoms with Crippen LogP contribution in [0.2, 0.25) is 10.3 Å². The molecule has 11 heavy (non-hydrogen) atoms. The zero-order chi connectivity index (χ0) is 8.59. The second-order valence-corrected chi connectivity index (χ2v) is 2.45. The van der Waals surface area contributed by atoms with E-state index in [-0.39, 0.29) is 0 Å². The van der Waals surface area contributed by atoms with Gasteiger partial charge in [-0.05, 0) is 0 Å². The second-order valence-electron chi connectivity index (χ2n) is 1.74. The van der Waals surface area contributed by atoms with Crippen LogP contribution in [0, 0.1) is 11.6 Å². The van der Waals surface area contributed by atoms with Crippen molar-refractivity contribution < 1.29 is 8.78 Å². The summed E-state index contributed by atoms with van der Waals surface area (Å²) in [7, 11) is 0. The summed E-state index contributed by atoms with van der Waals surface area (Å²) in [5.41, 5.74) is 4.21. The van der Waals surface area contributed by atoms with Crippen LogP contribution in [0.4, 0.5) is 14.5 Å². The molecule has 1 rings (SSSR count). The highest BCUT2D eigenvalue weighted by molar-refractivity contribution is 6.33. The molecular weight excluding hydrogens is 197 g/mol. The Morgan fingerprint density at radius 1 is 1.09 bits per heavy atom. The molecule has 0 atom stereocenters. The Bertz CT molecular complexity index is 277. The van der Waals surface area contributed by atoms with Gasteiger partial charge in [0.15, 0.2) is 21.9 Å². The lowest BCUT2D eigenvalue weighted by molar-refractivity contribution is 0.582. The number of anilines is 1. The van der Waals surface area contributed by atoms with E-state index in [0.717, 1.165) is 0 Å². The number of hydrogen-bond donors (Lipinski definition) is 1. The van der Waals surface area contributed by atoms with Crippen molar-refractivity contribution in [2.24, 2.45) is 0 Å². The monoisotopic (exact) mass is 198 g/mol. The zero-order valence-corrected chi connectivity index (χ0v) is 6.55. The molecule has 0 radical (unpaired) electrons. The number of nitrogen functional groups attached to an aromatic ring is 1. The smallest absolute Gasteiger partial charge is 0.186 e. The van der Waals surface area contributed by atoms with Crippen molar-refractivity contribution in [2.45, 2.75) is 0 Å². The first-order valence-corrected chi connectivity index (χ1v) is 3.25. The van der Waals surface area contributed by atoms with Gasteiger partial charge in [-0.3, -0.25) is 0 Å². The number of nitrogens with two attached hydrogens (primary N) is 1. The van der Waals surface area contributed by atoms with Crippen LogP contribution in [-0.2, 0) is 0 Å². The predicted octanol–water partition coefficient (Wildman–Crippen LogP) is 2.25. The molecule has 0 spiro atoms. The molecule has 0 aromatic carbocycles. The van der Waals surface area contributed by atoms with Gasteiger partial charge in [-0.2, -0.15) is 0 Å². The van der Waals surface area contributed by atoms with Crippen LogP contribution in [0.25, 0.3) is 0 Å². The molecule has 60 valence electrons. The van der Waals surface area contributed by atoms with E-state index in [1.165, 1.54) is 0 Å². The standard InChI is InChI=1S/C5H2Cl2F2N2/c6-4-1(8)3(10)2(9)5(7)11-4/h(H2,10,11). The van der Waals surface area contributed by atoms with Gasteiger partial charge in [0.25, 0.3) is 0 Å². The maximum Gasteiger partial charge on any atom is 0.186 e. The molecule has 0 aliphatic carbocycles. The summed E-state index contributed by atoms with van der Waals surface area (Å²) in [6, 6.07) is 0. The van der Waals surface area contributed by atoms with Gasteiger partial charge >= 0.3 is 0 Å². The Morgan fingerprint density at radius 2 is 1.45 bits per heavy atom. The number of pyridine rings is 1. The van der Waals surface area contributed by atoms with E-state index in [4.69, 9.17) is 28.9 Å². The van der Waals surface area contributed by atoms with Gasteiger partial charge < -0.3 is 5.73 Å². The summed E-state index contributed by atoms with van der Waals surface area (Å²) in [6.45, 7) is 0. The average molecular weight is 199 g/mol. The largest absolute Gasteiger partial charge is 0.394 e. The van der Waals surface area contributed by atoms with Crippen molar-refractivity contribution in [1.29, 1.82) is 0 Å². The quantitative estimate of drug-likeness (QED) is 0.650. The molecule has 1 aromatic rings. The predicted molar refractivity (Wildman–Crippen MR) is 38.6 cm³/mol. The van der Waals surface area contributed by atoms with Crippen LogP contribution in [-0.4, -0.2) is 4.98 Å². The van der Waals surface area contributed by atoms with E-state index in [2.05, 4.69) is 4.98 Å². The van der Waals surface area contributed by atoms with Crippen LogP contribution in [0.15, 0.2) is 0 Å². The van der Waals surface area contributed by atoms with Crippen LogP contribution in [0.5, 0.6) is 0 Å². The molecule has 6 heteroatoms. The number of rotatable bonds is 0. The Hall–Kier alpha value is -0.610. The summed E-state index contributed by atoms with van der Waals surface area (Å²) in [5, 5.41) is -1.07. The fraction of sp³-hybridized carbons (Fsp3) is 0. The van der Waals surface area contributed by atoms with Gasteiger partial charge in [0, 0.05) is 0 Å². The first-order valence-electron chi connectivity index (χ1n) is 2.49. The Labute approximate surface area is 70.9 Å². The molecule has 0 saturated carbocycles. The summed E-state index contributed by atoms with van der Waals surface area (Å²) in [4.78, 5) is 3.13. The number of halogens is 4. The van der Waals surface area contributed by atoms with Gasteiger partial charge in [-0.25, -0.2) is 13.8 Å². The molecule has 1 heterocycles. The van der Waals surface area contributed by atoms with Crippen LogP contribution < -0.4 is 5.73 Å². The molecule has 2 nitrogen and oxygen atoms in total. The van der Waals surface area contributed by atoms with Crippen molar-refractivity contribution in [3.8, 4) is 0 Å². The Kier molecular flexibility index (Phi) is 2.15. The molecule has 0 aliphatic heterocycles. The zero-order valence-electron chi connectivity index (χ0n) is 5.04. The number of nitrogens with zero attached hydrogens (tertiary/aromatic N) is 1. The second kappa shape index (κ2) is 2.79. The fourth-order valence-electron chi connectivity index (χ4n) is 0.503. The van der Waals surface area contributed by atoms with Gasteiger partial charge in [0.1, 0.15) is 5.69 Å². The lowest BCUT2D eigenvalue weighted by atomic mass is 10.4. The lowest BCUT2D eigenvalue weighted by Crippen LogP contribution is -1.99. The first-order chi connectivity index (χ1) is 5.04. The van der Waals surface area contributed by atoms with E-state index >= 15 is 0 Å².